The van der Waals surface area contributed by atoms with Gasteiger partial charge in [0.25, 0.3) is 0 Å². The molecule has 0 aliphatic carbocycles. The summed E-state index contributed by atoms with van der Waals surface area (Å²) in [4.78, 5) is 20.0. The van der Waals surface area contributed by atoms with Gasteiger partial charge in [-0.2, -0.15) is 0 Å². The molecule has 0 aliphatic heterocycles. The minimum Gasteiger partial charge on any atom is -0.486 e. The van der Waals surface area contributed by atoms with Gasteiger partial charge in [-0.1, -0.05) is 39.0 Å². The molecule has 0 atom stereocenters. The maximum Gasteiger partial charge on any atom is 0.414 e. The molecule has 0 saturated heterocycles. The first-order valence-electron chi connectivity index (χ1n) is 8.99. The molecular formula is C21H29N3O3. The minimum absolute atomic E-state index is 0.0302. The molecule has 0 fully saturated rings. The Morgan fingerprint density at radius 3 is 2.26 bits per heavy atom. The molecule has 2 aromatic rings. The number of anilines is 1. The highest BCUT2D eigenvalue weighted by Crippen LogP contribution is 2.28. The Balaban J connectivity index is 2.03. The van der Waals surface area contributed by atoms with Crippen LogP contribution in [0.25, 0.3) is 0 Å². The molecule has 1 N–H and O–H groups in total. The molecule has 1 amide bonds. The third-order valence-electron chi connectivity index (χ3n) is 3.84. The lowest BCUT2D eigenvalue weighted by molar-refractivity contribution is 0.0634. The molecule has 0 aliphatic rings. The Bertz CT molecular complexity index is 788. The van der Waals surface area contributed by atoms with Crippen LogP contribution in [-0.2, 0) is 16.8 Å². The first-order valence-corrected chi connectivity index (χ1v) is 8.99. The van der Waals surface area contributed by atoms with Gasteiger partial charge in [-0.25, -0.2) is 14.8 Å². The smallest absolute Gasteiger partial charge is 0.414 e. The summed E-state index contributed by atoms with van der Waals surface area (Å²) in [6.07, 6.45) is 2.48. The number of benzene rings is 1. The predicted octanol–water partition coefficient (Wildman–Crippen LogP) is 5.01. The third kappa shape index (κ3) is 6.24. The second-order valence-corrected chi connectivity index (χ2v) is 8.51. The normalized spacial score (nSPS) is 11.8. The standard InChI is InChI=1S/C21H29N3O3/c1-14-9-8-10-17(20(2,3)4)16(14)13-26-15-11-22-18(23-12-15)24-19(25)27-21(5,6)7/h8-12H,13H2,1-7H3,(H,22,23,24,25). The number of hydrogen-bond donors (Lipinski definition) is 1. The first kappa shape index (κ1) is 20.7. The molecule has 1 aromatic heterocycles. The second-order valence-electron chi connectivity index (χ2n) is 8.51. The Morgan fingerprint density at radius 1 is 1.07 bits per heavy atom. The zero-order valence-corrected chi connectivity index (χ0v) is 17.2. The fourth-order valence-electron chi connectivity index (χ4n) is 2.60. The molecular weight excluding hydrogens is 342 g/mol. The van der Waals surface area contributed by atoms with Crippen molar-refractivity contribution in [2.24, 2.45) is 0 Å². The summed E-state index contributed by atoms with van der Waals surface area (Å²) >= 11 is 0. The maximum atomic E-state index is 11.7. The van der Waals surface area contributed by atoms with Gasteiger partial charge in [0.15, 0.2) is 5.75 Å². The largest absolute Gasteiger partial charge is 0.486 e. The van der Waals surface area contributed by atoms with E-state index in [-0.39, 0.29) is 11.4 Å². The minimum atomic E-state index is -0.592. The van der Waals surface area contributed by atoms with Gasteiger partial charge >= 0.3 is 6.09 Å². The van der Waals surface area contributed by atoms with Gasteiger partial charge in [0, 0.05) is 0 Å². The SMILES string of the molecule is Cc1cccc(C(C)(C)C)c1COc1cnc(NC(=O)OC(C)(C)C)nc1. The maximum absolute atomic E-state index is 11.7. The summed E-state index contributed by atoms with van der Waals surface area (Å²) in [7, 11) is 0. The van der Waals surface area contributed by atoms with Crippen molar-refractivity contribution < 1.29 is 14.3 Å². The highest BCUT2D eigenvalue weighted by atomic mass is 16.6. The lowest BCUT2D eigenvalue weighted by Crippen LogP contribution is -2.27. The second kappa shape index (κ2) is 7.94. The summed E-state index contributed by atoms with van der Waals surface area (Å²) in [6, 6.07) is 6.29. The van der Waals surface area contributed by atoms with Crippen molar-refractivity contribution >= 4 is 12.0 Å². The molecule has 6 nitrogen and oxygen atoms in total. The van der Waals surface area contributed by atoms with Crippen LogP contribution in [0.3, 0.4) is 0 Å². The van der Waals surface area contributed by atoms with Crippen LogP contribution < -0.4 is 10.1 Å². The zero-order valence-electron chi connectivity index (χ0n) is 17.2. The average Bonchev–Trinajstić information content (AvgIpc) is 2.52. The molecule has 0 spiro atoms. The number of aromatic nitrogens is 2. The Morgan fingerprint density at radius 2 is 1.70 bits per heavy atom. The van der Waals surface area contributed by atoms with E-state index in [4.69, 9.17) is 9.47 Å². The van der Waals surface area contributed by atoms with E-state index in [0.29, 0.717) is 12.4 Å². The molecule has 0 saturated carbocycles. The summed E-state index contributed by atoms with van der Waals surface area (Å²) in [5, 5.41) is 2.50. The number of ether oxygens (including phenoxy) is 2. The topological polar surface area (TPSA) is 73.3 Å². The van der Waals surface area contributed by atoms with E-state index in [1.54, 1.807) is 20.8 Å². The number of carbonyl (C=O) groups excluding carboxylic acids is 1. The van der Waals surface area contributed by atoms with E-state index in [1.807, 2.05) is 0 Å². The third-order valence-corrected chi connectivity index (χ3v) is 3.84. The predicted molar refractivity (Wildman–Crippen MR) is 106 cm³/mol. The lowest BCUT2D eigenvalue weighted by Gasteiger charge is -2.24. The van der Waals surface area contributed by atoms with E-state index in [9.17, 15) is 4.79 Å². The highest BCUT2D eigenvalue weighted by Gasteiger charge is 2.19. The van der Waals surface area contributed by atoms with Gasteiger partial charge in [-0.3, -0.25) is 5.32 Å². The molecule has 0 radical (unpaired) electrons. The highest BCUT2D eigenvalue weighted by molar-refractivity contribution is 5.82. The molecule has 1 aromatic carbocycles. The van der Waals surface area contributed by atoms with Crippen molar-refractivity contribution in [1.29, 1.82) is 0 Å². The van der Waals surface area contributed by atoms with E-state index in [0.717, 1.165) is 0 Å². The zero-order chi connectivity index (χ0) is 20.2. The van der Waals surface area contributed by atoms with Crippen LogP contribution in [0.5, 0.6) is 5.75 Å². The van der Waals surface area contributed by atoms with E-state index in [1.165, 1.54) is 29.1 Å². The fourth-order valence-corrected chi connectivity index (χ4v) is 2.60. The van der Waals surface area contributed by atoms with Gasteiger partial charge in [0.2, 0.25) is 5.95 Å². The summed E-state index contributed by atoms with van der Waals surface area (Å²) < 4.78 is 11.1. The van der Waals surface area contributed by atoms with Gasteiger partial charge in [0.05, 0.1) is 12.4 Å². The molecule has 6 heteroatoms. The van der Waals surface area contributed by atoms with Crippen LogP contribution >= 0.6 is 0 Å². The number of amides is 1. The van der Waals surface area contributed by atoms with Crippen LogP contribution in [0, 0.1) is 6.92 Å². The van der Waals surface area contributed by atoms with Crippen molar-refractivity contribution in [1.82, 2.24) is 9.97 Å². The summed E-state index contributed by atoms with van der Waals surface area (Å²) in [5.41, 5.74) is 3.06. The summed E-state index contributed by atoms with van der Waals surface area (Å²) in [6.45, 7) is 14.5. The number of aryl methyl sites for hydroxylation is 1. The van der Waals surface area contributed by atoms with Crippen LogP contribution in [-0.4, -0.2) is 21.7 Å². The van der Waals surface area contributed by atoms with E-state index < -0.39 is 11.7 Å². The van der Waals surface area contributed by atoms with Gasteiger partial charge < -0.3 is 9.47 Å². The molecule has 0 unspecified atom stereocenters. The van der Waals surface area contributed by atoms with Crippen molar-refractivity contribution in [3.63, 3.8) is 0 Å². The van der Waals surface area contributed by atoms with Crippen LogP contribution in [0.1, 0.15) is 58.2 Å². The van der Waals surface area contributed by atoms with Crippen molar-refractivity contribution in [3.05, 3.63) is 47.3 Å². The van der Waals surface area contributed by atoms with Crippen LogP contribution in [0.15, 0.2) is 30.6 Å². The van der Waals surface area contributed by atoms with Crippen molar-refractivity contribution in [3.8, 4) is 5.75 Å². The number of nitrogens with one attached hydrogen (secondary N) is 1. The van der Waals surface area contributed by atoms with Gasteiger partial charge in [-0.05, 0) is 49.8 Å². The number of hydrogen-bond acceptors (Lipinski definition) is 5. The van der Waals surface area contributed by atoms with Crippen molar-refractivity contribution in [2.75, 3.05) is 5.32 Å². The van der Waals surface area contributed by atoms with Crippen molar-refractivity contribution in [2.45, 2.75) is 66.1 Å². The number of rotatable bonds is 4. The molecule has 1 heterocycles. The average molecular weight is 371 g/mol. The van der Waals surface area contributed by atoms with Crippen LogP contribution in [0.2, 0.25) is 0 Å². The molecule has 146 valence electrons. The molecule has 27 heavy (non-hydrogen) atoms. The lowest BCUT2D eigenvalue weighted by atomic mass is 9.82. The van der Waals surface area contributed by atoms with Crippen LogP contribution in [0.4, 0.5) is 10.7 Å². The number of nitrogens with zero attached hydrogens (tertiary/aromatic N) is 2. The van der Waals surface area contributed by atoms with Gasteiger partial charge in [0.1, 0.15) is 12.2 Å². The number of carbonyl (C=O) groups is 1. The Hall–Kier alpha value is -2.63. The molecule has 0 bridgehead atoms. The Kier molecular flexibility index (Phi) is 6.08. The summed E-state index contributed by atoms with van der Waals surface area (Å²) in [5.74, 6) is 0.704. The fraction of sp³-hybridized carbons (Fsp3) is 0.476. The van der Waals surface area contributed by atoms with E-state index >= 15 is 0 Å². The Labute approximate surface area is 161 Å². The quantitative estimate of drug-likeness (QED) is 0.818. The molecule has 2 rings (SSSR count). The van der Waals surface area contributed by atoms with Gasteiger partial charge in [-0.15, -0.1) is 0 Å². The van der Waals surface area contributed by atoms with E-state index in [2.05, 4.69) is 61.2 Å². The monoisotopic (exact) mass is 371 g/mol. The first-order chi connectivity index (χ1) is 12.5.